The first-order valence-corrected chi connectivity index (χ1v) is 10.2. The molecule has 0 bridgehead atoms. The van der Waals surface area contributed by atoms with E-state index in [1.165, 1.54) is 23.1 Å². The van der Waals surface area contributed by atoms with Crippen LogP contribution in [0.1, 0.15) is 10.4 Å². The molecule has 0 atom stereocenters. The third-order valence-electron chi connectivity index (χ3n) is 3.80. The van der Waals surface area contributed by atoms with Gasteiger partial charge < -0.3 is 14.8 Å². The van der Waals surface area contributed by atoms with Gasteiger partial charge in [-0.05, 0) is 24.3 Å². The van der Waals surface area contributed by atoms with Gasteiger partial charge in [0.1, 0.15) is 0 Å². The van der Waals surface area contributed by atoms with Crippen LogP contribution in [0.2, 0.25) is 0 Å². The second kappa shape index (κ2) is 8.32. The zero-order valence-corrected chi connectivity index (χ0v) is 16.1. The van der Waals surface area contributed by atoms with Crippen molar-refractivity contribution in [2.75, 3.05) is 23.2 Å². The molecule has 0 saturated carbocycles. The van der Waals surface area contributed by atoms with Crippen molar-refractivity contribution >= 4 is 45.7 Å². The molecular formula is C19H15N3O4S2. The lowest BCUT2D eigenvalue weighted by Crippen LogP contribution is -2.15. The van der Waals surface area contributed by atoms with E-state index in [1.54, 1.807) is 41.9 Å². The zero-order chi connectivity index (χ0) is 19.3. The van der Waals surface area contributed by atoms with Gasteiger partial charge in [-0.1, -0.05) is 12.1 Å². The molecule has 2 amide bonds. The van der Waals surface area contributed by atoms with E-state index in [-0.39, 0.29) is 24.4 Å². The number of thiazole rings is 1. The topological polar surface area (TPSA) is 89.6 Å². The summed E-state index contributed by atoms with van der Waals surface area (Å²) in [5.41, 5.74) is 1.13. The molecule has 7 nitrogen and oxygen atoms in total. The Balaban J connectivity index is 1.38. The molecule has 2 aromatic carbocycles. The molecular weight excluding hydrogens is 398 g/mol. The van der Waals surface area contributed by atoms with Crippen molar-refractivity contribution in [1.82, 2.24) is 4.98 Å². The van der Waals surface area contributed by atoms with Gasteiger partial charge in [0.05, 0.1) is 11.3 Å². The molecule has 0 radical (unpaired) electrons. The van der Waals surface area contributed by atoms with Crippen LogP contribution in [-0.4, -0.2) is 29.3 Å². The summed E-state index contributed by atoms with van der Waals surface area (Å²) in [7, 11) is 0. The Morgan fingerprint density at radius 1 is 1.11 bits per heavy atom. The standard InChI is InChI=1S/C19H15N3O4S2/c23-17(21-12-5-6-14-15(9-12)26-11-25-14)10-28-16-4-2-1-3-13(16)18(24)22-19-20-7-8-27-19/h1-9H,10-11H2,(H,21,23)(H,20,22,24). The molecule has 0 unspecified atom stereocenters. The molecule has 28 heavy (non-hydrogen) atoms. The summed E-state index contributed by atoms with van der Waals surface area (Å²) >= 11 is 2.64. The van der Waals surface area contributed by atoms with E-state index in [0.29, 0.717) is 27.9 Å². The van der Waals surface area contributed by atoms with Crippen LogP contribution >= 0.6 is 23.1 Å². The maximum atomic E-state index is 12.5. The number of amides is 2. The molecule has 0 saturated heterocycles. The fourth-order valence-corrected chi connectivity index (χ4v) is 3.92. The summed E-state index contributed by atoms with van der Waals surface area (Å²) < 4.78 is 10.6. The van der Waals surface area contributed by atoms with Crippen molar-refractivity contribution < 1.29 is 19.1 Å². The van der Waals surface area contributed by atoms with Gasteiger partial charge in [0, 0.05) is 28.2 Å². The third-order valence-corrected chi connectivity index (χ3v) is 5.56. The number of nitrogens with one attached hydrogen (secondary N) is 2. The quantitative estimate of drug-likeness (QED) is 0.597. The number of aromatic nitrogens is 1. The van der Waals surface area contributed by atoms with Crippen molar-refractivity contribution in [3.05, 3.63) is 59.6 Å². The lowest BCUT2D eigenvalue weighted by Gasteiger charge is -2.09. The number of anilines is 2. The van der Waals surface area contributed by atoms with Crippen LogP contribution in [0.4, 0.5) is 10.8 Å². The Morgan fingerprint density at radius 3 is 2.82 bits per heavy atom. The third kappa shape index (κ3) is 4.26. The molecule has 0 aliphatic carbocycles. The van der Waals surface area contributed by atoms with Crippen molar-refractivity contribution in [3.8, 4) is 11.5 Å². The second-order valence-electron chi connectivity index (χ2n) is 5.69. The van der Waals surface area contributed by atoms with Crippen LogP contribution in [0.5, 0.6) is 11.5 Å². The van der Waals surface area contributed by atoms with Crippen molar-refractivity contribution in [2.45, 2.75) is 4.90 Å². The smallest absolute Gasteiger partial charge is 0.258 e. The molecule has 2 N–H and O–H groups in total. The van der Waals surface area contributed by atoms with Crippen LogP contribution in [-0.2, 0) is 4.79 Å². The van der Waals surface area contributed by atoms with E-state index in [1.807, 2.05) is 12.1 Å². The van der Waals surface area contributed by atoms with Crippen LogP contribution < -0.4 is 20.1 Å². The first kappa shape index (κ1) is 18.3. The summed E-state index contributed by atoms with van der Waals surface area (Å²) in [6.07, 6.45) is 1.63. The van der Waals surface area contributed by atoms with Crippen molar-refractivity contribution in [3.63, 3.8) is 0 Å². The number of hydrogen-bond acceptors (Lipinski definition) is 7. The van der Waals surface area contributed by atoms with Crippen LogP contribution in [0.3, 0.4) is 0 Å². The zero-order valence-electron chi connectivity index (χ0n) is 14.5. The highest BCUT2D eigenvalue weighted by Crippen LogP contribution is 2.34. The van der Waals surface area contributed by atoms with Gasteiger partial charge >= 0.3 is 0 Å². The molecule has 1 aliphatic heterocycles. The van der Waals surface area contributed by atoms with E-state index in [9.17, 15) is 9.59 Å². The van der Waals surface area contributed by atoms with Crippen LogP contribution in [0, 0.1) is 0 Å². The Morgan fingerprint density at radius 2 is 1.96 bits per heavy atom. The number of ether oxygens (including phenoxy) is 2. The fourth-order valence-electron chi connectivity index (χ4n) is 2.54. The van der Waals surface area contributed by atoms with Crippen LogP contribution in [0.15, 0.2) is 58.9 Å². The van der Waals surface area contributed by atoms with Gasteiger partial charge in [-0.15, -0.1) is 23.1 Å². The number of benzene rings is 2. The van der Waals surface area contributed by atoms with Crippen molar-refractivity contribution in [2.24, 2.45) is 0 Å². The average molecular weight is 413 g/mol. The highest BCUT2D eigenvalue weighted by Gasteiger charge is 2.16. The summed E-state index contributed by atoms with van der Waals surface area (Å²) in [6.45, 7) is 0.183. The normalized spacial score (nSPS) is 11.9. The predicted octanol–water partition coefficient (Wildman–Crippen LogP) is 3.85. The molecule has 0 spiro atoms. The summed E-state index contributed by atoms with van der Waals surface area (Å²) in [5.74, 6) is 0.992. The van der Waals surface area contributed by atoms with Gasteiger partial charge in [-0.2, -0.15) is 0 Å². The maximum Gasteiger partial charge on any atom is 0.258 e. The van der Waals surface area contributed by atoms with Crippen molar-refractivity contribution in [1.29, 1.82) is 0 Å². The molecule has 0 fully saturated rings. The lowest BCUT2D eigenvalue weighted by atomic mass is 10.2. The van der Waals surface area contributed by atoms with E-state index in [0.717, 1.165) is 4.90 Å². The SMILES string of the molecule is O=C(CSc1ccccc1C(=O)Nc1nccs1)Nc1ccc2c(c1)OCO2. The van der Waals surface area contributed by atoms with Gasteiger partial charge in [0.2, 0.25) is 12.7 Å². The fraction of sp³-hybridized carbons (Fsp3) is 0.105. The van der Waals surface area contributed by atoms with Crippen LogP contribution in [0.25, 0.3) is 0 Å². The summed E-state index contributed by atoms with van der Waals surface area (Å²) in [6, 6.07) is 12.4. The molecule has 1 aromatic heterocycles. The summed E-state index contributed by atoms with van der Waals surface area (Å²) in [5, 5.41) is 7.90. The number of fused-ring (bicyclic) bond motifs is 1. The molecule has 4 rings (SSSR count). The van der Waals surface area contributed by atoms with Gasteiger partial charge in [0.15, 0.2) is 16.6 Å². The first-order chi connectivity index (χ1) is 13.7. The number of thioether (sulfide) groups is 1. The maximum absolute atomic E-state index is 12.5. The molecule has 2 heterocycles. The van der Waals surface area contributed by atoms with Gasteiger partial charge in [0.25, 0.3) is 5.91 Å². The average Bonchev–Trinajstić information content (AvgIpc) is 3.38. The highest BCUT2D eigenvalue weighted by atomic mass is 32.2. The number of carbonyl (C=O) groups is 2. The number of rotatable bonds is 6. The Kier molecular flexibility index (Phi) is 5.45. The highest BCUT2D eigenvalue weighted by molar-refractivity contribution is 8.00. The minimum absolute atomic E-state index is 0.163. The molecule has 3 aromatic rings. The molecule has 9 heteroatoms. The Hall–Kier alpha value is -3.04. The molecule has 142 valence electrons. The Labute approximate surface area is 169 Å². The van der Waals surface area contributed by atoms with E-state index in [4.69, 9.17) is 9.47 Å². The lowest BCUT2D eigenvalue weighted by molar-refractivity contribution is -0.113. The van der Waals surface area contributed by atoms with E-state index in [2.05, 4.69) is 15.6 Å². The molecule has 1 aliphatic rings. The first-order valence-electron chi connectivity index (χ1n) is 8.31. The Bertz CT molecular complexity index is 1010. The minimum atomic E-state index is -0.255. The van der Waals surface area contributed by atoms with E-state index >= 15 is 0 Å². The van der Waals surface area contributed by atoms with E-state index < -0.39 is 0 Å². The van der Waals surface area contributed by atoms with Gasteiger partial charge in [-0.25, -0.2) is 4.98 Å². The summed E-state index contributed by atoms with van der Waals surface area (Å²) in [4.78, 5) is 29.6. The largest absolute Gasteiger partial charge is 0.454 e. The monoisotopic (exact) mass is 413 g/mol. The second-order valence-corrected chi connectivity index (χ2v) is 7.60. The predicted molar refractivity (Wildman–Crippen MR) is 108 cm³/mol. The number of nitrogens with zero attached hydrogens (tertiary/aromatic N) is 1. The minimum Gasteiger partial charge on any atom is -0.454 e. The van der Waals surface area contributed by atoms with Gasteiger partial charge in [-0.3, -0.25) is 14.9 Å². The number of hydrogen-bond donors (Lipinski definition) is 2. The number of carbonyl (C=O) groups excluding carboxylic acids is 2.